The van der Waals surface area contributed by atoms with E-state index in [0.717, 1.165) is 70.3 Å². The second-order valence-corrected chi connectivity index (χ2v) is 21.7. The number of aromatic nitrogens is 6. The van der Waals surface area contributed by atoms with Gasteiger partial charge in [-0.15, -0.1) is 10.2 Å². The molecule has 9 aliphatic rings. The fourth-order valence-corrected chi connectivity index (χ4v) is 7.13. The van der Waals surface area contributed by atoms with Crippen molar-refractivity contribution in [2.75, 3.05) is 52.7 Å². The van der Waals surface area contributed by atoms with Crippen LogP contribution in [0.5, 0.6) is 0 Å². The third-order valence-electron chi connectivity index (χ3n) is 12.8. The van der Waals surface area contributed by atoms with Gasteiger partial charge in [-0.3, -0.25) is 53.0 Å². The Bertz CT molecular complexity index is 2120. The van der Waals surface area contributed by atoms with Crippen LogP contribution in [0.1, 0.15) is 194 Å². The second kappa shape index (κ2) is 50.0. The molecule has 9 atom stereocenters. The van der Waals surface area contributed by atoms with Crippen LogP contribution in [0.25, 0.3) is 0 Å². The maximum atomic E-state index is 10.6. The number of aryl methyl sites for hydroxylation is 2. The molecule has 0 saturated carbocycles. The molecule has 0 spiro atoms. The summed E-state index contributed by atoms with van der Waals surface area (Å²) < 4.78 is 43.7. The van der Waals surface area contributed by atoms with Crippen molar-refractivity contribution in [3.05, 3.63) is 24.8 Å². The van der Waals surface area contributed by atoms with Crippen molar-refractivity contribution < 1.29 is 90.6 Å². The molecule has 0 aromatic carbocycles. The van der Waals surface area contributed by atoms with Gasteiger partial charge in [0, 0.05) is 58.7 Å². The molecule has 1 amide bonds. The zero-order chi connectivity index (χ0) is 64.3. The molecule has 2 aromatic rings. The highest BCUT2D eigenvalue weighted by Gasteiger charge is 2.25. The molecule has 11 heterocycles. The van der Waals surface area contributed by atoms with Crippen LogP contribution >= 0.6 is 0 Å². The van der Waals surface area contributed by atoms with E-state index in [2.05, 4.69) is 58.2 Å². The predicted octanol–water partition coefficient (Wildman–Crippen LogP) is 8.41. The lowest BCUT2D eigenvalue weighted by Gasteiger charge is -2.20. The number of rotatable bonds is 2. The number of ether oxygens (including phenoxy) is 9. The van der Waals surface area contributed by atoms with Crippen LogP contribution in [0.4, 0.5) is 0 Å². The number of H-pyrrole nitrogens is 1. The molecule has 500 valence electrons. The Balaban J connectivity index is -0.000000884. The molecule has 0 aliphatic carbocycles. The van der Waals surface area contributed by atoms with Gasteiger partial charge in [0.05, 0.1) is 75.8 Å². The summed E-state index contributed by atoms with van der Waals surface area (Å²) in [4.78, 5) is 109. The number of hydrogen-bond donors (Lipinski definition) is 1. The first-order valence-corrected chi connectivity index (χ1v) is 29.6. The van der Waals surface area contributed by atoms with Crippen molar-refractivity contribution in [1.29, 1.82) is 0 Å². The van der Waals surface area contributed by atoms with Crippen molar-refractivity contribution in [3.8, 4) is 0 Å². The molecular weight excluding hydrogens is 1130 g/mol. The normalized spacial score (nSPS) is 24.6. The number of cyclic esters (lactones) is 9. The van der Waals surface area contributed by atoms with Crippen molar-refractivity contribution in [2.45, 2.75) is 213 Å². The van der Waals surface area contributed by atoms with Crippen LogP contribution in [-0.4, -0.2) is 166 Å². The van der Waals surface area contributed by atoms with E-state index in [9.17, 15) is 47.9 Å². The highest BCUT2D eigenvalue weighted by Crippen LogP contribution is 2.17. The molecule has 11 rings (SSSR count). The number of nitrogens with zero attached hydrogens (tertiary/aromatic N) is 6. The Morgan fingerprint density at radius 1 is 0.517 bits per heavy atom. The highest BCUT2D eigenvalue weighted by molar-refractivity contribution is 5.77. The van der Waals surface area contributed by atoms with Gasteiger partial charge in [0.15, 0.2) is 0 Å². The number of carbonyl (C=O) groups excluding carboxylic acids is 10. The molecule has 0 bridgehead atoms. The SMILES string of the molecule is C.C.CC1CC(=O)O1.CC1CCC(=O)O1.CC1CCC(=O)OC1.CC1CCCC(=O)O1.CC1CCCOC1=O.CC1CCOC(=O)C1.CC1CCOC1=O.CC1COC(=O)C1.CC1COC1=O.CCN(CC)C(C)=O.Cc1ncn[nH]1.Cn1cnnc1. The largest absolute Gasteiger partial charge is 0.466 e. The van der Waals surface area contributed by atoms with Crippen molar-refractivity contribution in [3.63, 3.8) is 0 Å². The number of amides is 1. The van der Waals surface area contributed by atoms with Gasteiger partial charge in [0.1, 0.15) is 37.5 Å². The Kier molecular flexibility index (Phi) is 48.4. The molecule has 0 radical (unpaired) electrons. The monoisotopic (exact) mass is 1240 g/mol. The van der Waals surface area contributed by atoms with Crippen LogP contribution in [0.2, 0.25) is 0 Å². The Morgan fingerprint density at radius 3 is 1.21 bits per heavy atom. The minimum Gasteiger partial charge on any atom is -0.466 e. The molecule has 9 aliphatic heterocycles. The van der Waals surface area contributed by atoms with Crippen LogP contribution in [0.15, 0.2) is 19.0 Å². The van der Waals surface area contributed by atoms with Crippen LogP contribution < -0.4 is 0 Å². The summed E-state index contributed by atoms with van der Waals surface area (Å²) in [6.45, 7) is 30.3. The topological polar surface area (TPSA) is 329 Å². The van der Waals surface area contributed by atoms with E-state index in [-0.39, 0.29) is 111 Å². The third-order valence-corrected chi connectivity index (χ3v) is 12.8. The summed E-state index contributed by atoms with van der Waals surface area (Å²) in [5.74, 6) is 2.64. The summed E-state index contributed by atoms with van der Waals surface area (Å²) >= 11 is 0. The lowest BCUT2D eigenvalue weighted by atomic mass is 10.0. The van der Waals surface area contributed by atoms with E-state index < -0.39 is 0 Å². The van der Waals surface area contributed by atoms with Gasteiger partial charge >= 0.3 is 53.7 Å². The van der Waals surface area contributed by atoms with Gasteiger partial charge in [-0.2, -0.15) is 5.10 Å². The first-order valence-electron chi connectivity index (χ1n) is 29.6. The molecular formula is C61H107N7O19. The van der Waals surface area contributed by atoms with Crippen molar-refractivity contribution >= 4 is 59.6 Å². The number of hydrogen-bond acceptors (Lipinski definition) is 23. The summed E-state index contributed by atoms with van der Waals surface area (Å²) in [6, 6.07) is 0. The van der Waals surface area contributed by atoms with Gasteiger partial charge in [0.25, 0.3) is 0 Å². The average molecular weight is 1240 g/mol. The minimum absolute atomic E-state index is 0. The molecule has 9 saturated heterocycles. The second-order valence-electron chi connectivity index (χ2n) is 21.7. The Morgan fingerprint density at radius 2 is 1.01 bits per heavy atom. The van der Waals surface area contributed by atoms with E-state index >= 15 is 0 Å². The fourth-order valence-electron chi connectivity index (χ4n) is 7.13. The molecule has 87 heavy (non-hydrogen) atoms. The predicted molar refractivity (Wildman–Crippen MR) is 321 cm³/mol. The van der Waals surface area contributed by atoms with Gasteiger partial charge in [-0.1, -0.05) is 49.5 Å². The quantitative estimate of drug-likeness (QED) is 0.218. The lowest BCUT2D eigenvalue weighted by molar-refractivity contribution is -0.168. The lowest BCUT2D eigenvalue weighted by Crippen LogP contribution is -2.31. The van der Waals surface area contributed by atoms with Crippen LogP contribution in [0.3, 0.4) is 0 Å². The third kappa shape index (κ3) is 45.9. The first-order chi connectivity index (χ1) is 40.1. The molecule has 9 fully saturated rings. The van der Waals surface area contributed by atoms with E-state index in [4.69, 9.17) is 23.7 Å². The molecule has 9 unspecified atom stereocenters. The average Bonchev–Trinajstić information content (AvgIpc) is 4.38. The van der Waals surface area contributed by atoms with Gasteiger partial charge < -0.3 is 52.1 Å². The van der Waals surface area contributed by atoms with E-state index in [1.807, 2.05) is 76.3 Å². The number of carbonyl (C=O) groups is 10. The van der Waals surface area contributed by atoms with Crippen molar-refractivity contribution in [2.24, 2.45) is 42.6 Å². The maximum Gasteiger partial charge on any atom is 0.312 e. The first kappa shape index (κ1) is 84.2. The van der Waals surface area contributed by atoms with E-state index in [0.29, 0.717) is 95.9 Å². The maximum absolute atomic E-state index is 10.6. The van der Waals surface area contributed by atoms with E-state index in [1.165, 1.54) is 6.33 Å². The number of nitrogens with one attached hydrogen (secondary N) is 1. The molecule has 2 aromatic heterocycles. The zero-order valence-electron chi connectivity index (χ0n) is 52.9. The van der Waals surface area contributed by atoms with Gasteiger partial charge in [0.2, 0.25) is 5.91 Å². The Hall–Kier alpha value is -7.02. The zero-order valence-corrected chi connectivity index (χ0v) is 52.9. The molecule has 26 heteroatoms. The Labute approximate surface area is 516 Å². The summed E-state index contributed by atoms with van der Waals surface area (Å²) in [5.41, 5.74) is 0. The number of esters is 9. The smallest absolute Gasteiger partial charge is 0.312 e. The standard InChI is InChI=1S/C6H13NO.4C6H10O2.3C5H8O2.2C4H6O2.2C3H5N3.2CH4/c1-4-7(5-2)6(3)8;1-5-2-3-8-6(7)4-5;1-5-2-3-6(7)8-4-5;1-5-3-2-4-8-6(5)7;1-5-3-2-4-6(7)8-5;1-4-2-5(6)7-3-4;1-4-2-3-7-5(4)6;1-4-2-3-5(6)7-4;1-3-2-6-4(3)5;1-3-2-4(5)6-3;1-6-2-4-5-3-6;1-3-4-2-5-6-3;;/h4-5H2,1-3H3;4*5H,2-4H2,1H3;3*4H,2-3H2,1H3;2*3H,2H2,1H3;2-3H,1H3;2H,1H3,(H,4,5,6);2*1H4. The minimum atomic E-state index is -0.0671. The van der Waals surface area contributed by atoms with Crippen LogP contribution in [-0.2, 0) is 97.6 Å². The summed E-state index contributed by atoms with van der Waals surface area (Å²) in [6.07, 6.45) is 16.9. The summed E-state index contributed by atoms with van der Waals surface area (Å²) in [7, 11) is 1.88. The van der Waals surface area contributed by atoms with Gasteiger partial charge in [-0.25, -0.2) is 4.98 Å². The van der Waals surface area contributed by atoms with E-state index in [1.54, 1.807) is 29.0 Å². The molecule has 1 N–H and O–H groups in total. The van der Waals surface area contributed by atoms with Crippen LogP contribution in [0, 0.1) is 42.4 Å². The summed E-state index contributed by atoms with van der Waals surface area (Å²) in [5, 5.41) is 13.3. The fraction of sp³-hybridized carbons (Fsp3) is 0.770. The van der Waals surface area contributed by atoms with Crippen molar-refractivity contribution in [1.82, 2.24) is 34.8 Å². The highest BCUT2D eigenvalue weighted by atomic mass is 16.6. The molecule has 26 nitrogen and oxygen atoms in total. The van der Waals surface area contributed by atoms with Gasteiger partial charge in [-0.05, 0) is 112 Å². The number of aromatic amines is 1.